The maximum atomic E-state index is 11.9. The Hall–Kier alpha value is -2.68. The van der Waals surface area contributed by atoms with Gasteiger partial charge in [0.15, 0.2) is 6.10 Å². The molecule has 0 bridgehead atoms. The van der Waals surface area contributed by atoms with Gasteiger partial charge in [0.2, 0.25) is 0 Å². The van der Waals surface area contributed by atoms with E-state index in [0.29, 0.717) is 0 Å². The number of hydrogen-bond donors (Lipinski definition) is 2. The molecule has 1 aromatic rings. The Bertz CT molecular complexity index is 633. The van der Waals surface area contributed by atoms with Gasteiger partial charge in [-0.2, -0.15) is 0 Å². The van der Waals surface area contributed by atoms with E-state index in [0.717, 1.165) is 12.1 Å². The molecule has 10 heteroatoms. The first-order valence-corrected chi connectivity index (χ1v) is 6.31. The number of nitro benzene ring substituents is 1. The van der Waals surface area contributed by atoms with E-state index < -0.39 is 28.9 Å². The Kier molecular flexibility index (Phi) is 5.81. The number of amides is 3. The first kappa shape index (κ1) is 17.4. The van der Waals surface area contributed by atoms with Crippen molar-refractivity contribution in [2.75, 3.05) is 7.05 Å². The van der Waals surface area contributed by atoms with E-state index in [-0.39, 0.29) is 16.3 Å². The lowest BCUT2D eigenvalue weighted by Crippen LogP contribution is -2.43. The Morgan fingerprint density at radius 3 is 2.55 bits per heavy atom. The minimum absolute atomic E-state index is 0.0606. The molecule has 0 spiro atoms. The summed E-state index contributed by atoms with van der Waals surface area (Å²) in [6.07, 6.45) is -1.29. The van der Waals surface area contributed by atoms with Gasteiger partial charge in [0.1, 0.15) is 0 Å². The lowest BCUT2D eigenvalue weighted by molar-refractivity contribution is -0.384. The molecule has 1 atom stereocenters. The number of carbonyl (C=O) groups is 3. The zero-order chi connectivity index (χ0) is 16.9. The van der Waals surface area contributed by atoms with Crippen LogP contribution >= 0.6 is 11.6 Å². The molecule has 9 nitrogen and oxygen atoms in total. The zero-order valence-electron chi connectivity index (χ0n) is 11.6. The van der Waals surface area contributed by atoms with E-state index >= 15 is 0 Å². The van der Waals surface area contributed by atoms with E-state index in [9.17, 15) is 24.5 Å². The van der Waals surface area contributed by atoms with Gasteiger partial charge in [-0.25, -0.2) is 9.59 Å². The number of esters is 1. The van der Waals surface area contributed by atoms with E-state index in [4.69, 9.17) is 16.3 Å². The van der Waals surface area contributed by atoms with Gasteiger partial charge < -0.3 is 10.1 Å². The molecule has 0 aliphatic carbocycles. The maximum absolute atomic E-state index is 11.9. The van der Waals surface area contributed by atoms with Crippen LogP contribution < -0.4 is 10.6 Å². The molecule has 0 aliphatic rings. The number of carbonyl (C=O) groups excluding carboxylic acids is 3. The summed E-state index contributed by atoms with van der Waals surface area (Å²) in [5, 5.41) is 14.7. The van der Waals surface area contributed by atoms with Crippen molar-refractivity contribution in [1.29, 1.82) is 0 Å². The van der Waals surface area contributed by atoms with Gasteiger partial charge in [0.05, 0.1) is 15.5 Å². The average molecular weight is 330 g/mol. The monoisotopic (exact) mass is 329 g/mol. The number of non-ortho nitro benzene ring substituents is 1. The Balaban J connectivity index is 2.84. The minimum Gasteiger partial charge on any atom is -0.449 e. The predicted molar refractivity (Wildman–Crippen MR) is 75.6 cm³/mol. The number of benzene rings is 1. The fraction of sp³-hybridized carbons (Fsp3) is 0.250. The van der Waals surface area contributed by atoms with Gasteiger partial charge in [-0.3, -0.25) is 20.2 Å². The molecular formula is C12H12ClN3O6. The van der Waals surface area contributed by atoms with Crippen LogP contribution in [0.15, 0.2) is 18.2 Å². The van der Waals surface area contributed by atoms with Crippen molar-refractivity contribution in [2.24, 2.45) is 0 Å². The molecular weight excluding hydrogens is 318 g/mol. The number of rotatable bonds is 4. The quantitative estimate of drug-likeness (QED) is 0.486. The third kappa shape index (κ3) is 4.42. The highest BCUT2D eigenvalue weighted by Gasteiger charge is 2.23. The molecule has 0 unspecified atom stereocenters. The molecule has 1 aromatic carbocycles. The number of imide groups is 1. The molecule has 0 saturated heterocycles. The largest absolute Gasteiger partial charge is 0.449 e. The summed E-state index contributed by atoms with van der Waals surface area (Å²) in [6.45, 7) is 1.24. The van der Waals surface area contributed by atoms with E-state index in [2.05, 4.69) is 5.32 Å². The smallest absolute Gasteiger partial charge is 0.340 e. The fourth-order valence-electron chi connectivity index (χ4n) is 1.34. The standard InChI is InChI=1S/C12H12ClN3O6/c1-6(10(17)15-12(19)14-2)22-11(18)8-5-7(16(20)21)3-4-9(8)13/h3-6H,1-2H3,(H2,14,15,17,19)/t6-/m0/s1. The predicted octanol–water partition coefficient (Wildman–Crippen LogP) is 1.25. The normalized spacial score (nSPS) is 11.2. The molecule has 0 fully saturated rings. The zero-order valence-corrected chi connectivity index (χ0v) is 12.3. The van der Waals surface area contributed by atoms with Gasteiger partial charge in [-0.05, 0) is 13.0 Å². The highest BCUT2D eigenvalue weighted by atomic mass is 35.5. The number of hydrogen-bond acceptors (Lipinski definition) is 6. The van der Waals surface area contributed by atoms with Gasteiger partial charge in [-0.15, -0.1) is 0 Å². The molecule has 0 radical (unpaired) electrons. The number of halogens is 1. The highest BCUT2D eigenvalue weighted by molar-refractivity contribution is 6.33. The minimum atomic E-state index is -1.29. The number of urea groups is 1. The van der Waals surface area contributed by atoms with Crippen molar-refractivity contribution in [2.45, 2.75) is 13.0 Å². The van der Waals surface area contributed by atoms with E-state index in [1.165, 1.54) is 20.0 Å². The van der Waals surface area contributed by atoms with Crippen molar-refractivity contribution < 1.29 is 24.0 Å². The molecule has 3 amide bonds. The Labute approximate surface area is 129 Å². The van der Waals surface area contributed by atoms with Crippen LogP contribution in [0.5, 0.6) is 0 Å². The van der Waals surface area contributed by atoms with Crippen molar-refractivity contribution in [3.8, 4) is 0 Å². The maximum Gasteiger partial charge on any atom is 0.340 e. The van der Waals surface area contributed by atoms with Crippen molar-refractivity contribution in [3.05, 3.63) is 38.9 Å². The first-order chi connectivity index (χ1) is 10.3. The van der Waals surface area contributed by atoms with Gasteiger partial charge in [0.25, 0.3) is 11.6 Å². The molecule has 0 saturated carbocycles. The molecule has 0 aromatic heterocycles. The second kappa shape index (κ2) is 7.36. The van der Waals surface area contributed by atoms with Crippen LogP contribution in [0.3, 0.4) is 0 Å². The second-order valence-corrected chi connectivity index (χ2v) is 4.44. The number of ether oxygens (including phenoxy) is 1. The SMILES string of the molecule is CNC(=O)NC(=O)[C@H](C)OC(=O)c1cc([N+](=O)[O-])ccc1Cl. The Morgan fingerprint density at radius 1 is 1.36 bits per heavy atom. The highest BCUT2D eigenvalue weighted by Crippen LogP contribution is 2.23. The lowest BCUT2D eigenvalue weighted by Gasteiger charge is -2.13. The molecule has 118 valence electrons. The summed E-state index contributed by atoms with van der Waals surface area (Å²) in [5.74, 6) is -1.87. The molecule has 22 heavy (non-hydrogen) atoms. The average Bonchev–Trinajstić information content (AvgIpc) is 2.46. The van der Waals surface area contributed by atoms with Crippen molar-refractivity contribution in [1.82, 2.24) is 10.6 Å². The Morgan fingerprint density at radius 2 is 2.00 bits per heavy atom. The van der Waals surface area contributed by atoms with E-state index in [1.807, 2.05) is 5.32 Å². The summed E-state index contributed by atoms with van der Waals surface area (Å²) in [6, 6.07) is 2.47. The molecule has 0 heterocycles. The van der Waals surface area contributed by atoms with Crippen LogP contribution in [0.25, 0.3) is 0 Å². The number of nitrogens with one attached hydrogen (secondary N) is 2. The van der Waals surface area contributed by atoms with Crippen LogP contribution in [0.4, 0.5) is 10.5 Å². The lowest BCUT2D eigenvalue weighted by atomic mass is 10.2. The summed E-state index contributed by atoms with van der Waals surface area (Å²) in [4.78, 5) is 44.4. The van der Waals surface area contributed by atoms with Crippen LogP contribution in [0.2, 0.25) is 5.02 Å². The second-order valence-electron chi connectivity index (χ2n) is 4.04. The first-order valence-electron chi connectivity index (χ1n) is 5.93. The van der Waals surface area contributed by atoms with Crippen LogP contribution in [-0.4, -0.2) is 36.0 Å². The molecule has 0 aliphatic heterocycles. The van der Waals surface area contributed by atoms with E-state index in [1.54, 1.807) is 0 Å². The summed E-state index contributed by atoms with van der Waals surface area (Å²) in [7, 11) is 1.31. The van der Waals surface area contributed by atoms with Crippen molar-refractivity contribution >= 4 is 35.2 Å². The number of nitrogens with zero attached hydrogens (tertiary/aromatic N) is 1. The summed E-state index contributed by atoms with van der Waals surface area (Å²) >= 11 is 5.78. The van der Waals surface area contributed by atoms with Crippen LogP contribution in [-0.2, 0) is 9.53 Å². The summed E-state index contributed by atoms with van der Waals surface area (Å²) in [5.41, 5.74) is -0.603. The third-order valence-electron chi connectivity index (χ3n) is 2.50. The topological polar surface area (TPSA) is 128 Å². The molecule has 1 rings (SSSR count). The number of nitro groups is 1. The summed E-state index contributed by atoms with van der Waals surface area (Å²) < 4.78 is 4.82. The van der Waals surface area contributed by atoms with Gasteiger partial charge in [-0.1, -0.05) is 11.6 Å². The molecule has 2 N–H and O–H groups in total. The van der Waals surface area contributed by atoms with Gasteiger partial charge >= 0.3 is 12.0 Å². The third-order valence-corrected chi connectivity index (χ3v) is 2.83. The van der Waals surface area contributed by atoms with Crippen LogP contribution in [0.1, 0.15) is 17.3 Å². The fourth-order valence-corrected chi connectivity index (χ4v) is 1.53. The van der Waals surface area contributed by atoms with Gasteiger partial charge in [0, 0.05) is 19.2 Å². The van der Waals surface area contributed by atoms with Crippen LogP contribution in [0, 0.1) is 10.1 Å². The van der Waals surface area contributed by atoms with Crippen molar-refractivity contribution in [3.63, 3.8) is 0 Å².